The normalized spacial score (nSPS) is 11.5. The fraction of sp³-hybridized carbons (Fsp3) is 0.417. The van der Waals surface area contributed by atoms with Crippen molar-refractivity contribution in [1.29, 1.82) is 0 Å². The number of nitrogens with two attached hydrogens (primary N) is 1. The van der Waals surface area contributed by atoms with Crippen LogP contribution in [0.2, 0.25) is 0 Å². The molecule has 0 spiro atoms. The Morgan fingerprint density at radius 3 is 2.94 bits per heavy atom. The van der Waals surface area contributed by atoms with E-state index in [0.29, 0.717) is 18.0 Å². The Kier molecular flexibility index (Phi) is 5.16. The second-order valence-corrected chi connectivity index (χ2v) is 4.79. The number of carbonyl (C=O) groups is 1. The fourth-order valence-electron chi connectivity index (χ4n) is 1.33. The Hall–Kier alpha value is -1.35. The summed E-state index contributed by atoms with van der Waals surface area (Å²) in [5, 5.41) is 9.21. The quantitative estimate of drug-likeness (QED) is 0.770. The van der Waals surface area contributed by atoms with Gasteiger partial charge in [0.05, 0.1) is 22.4 Å². The summed E-state index contributed by atoms with van der Waals surface area (Å²) in [6.07, 6.45) is -0.527. The van der Waals surface area contributed by atoms with E-state index in [9.17, 15) is 9.90 Å². The number of carbonyl (C=O) groups excluding carboxylic acids is 1. The molecule has 3 N–H and O–H groups in total. The molecule has 0 aliphatic carbocycles. The predicted molar refractivity (Wildman–Crippen MR) is 68.9 cm³/mol. The molecule has 17 heavy (non-hydrogen) atoms. The third-order valence-electron chi connectivity index (χ3n) is 2.02. The molecule has 1 heterocycles. The van der Waals surface area contributed by atoms with E-state index in [1.165, 1.54) is 16.2 Å². The molecule has 1 aromatic rings. The van der Waals surface area contributed by atoms with Crippen molar-refractivity contribution >= 4 is 17.2 Å². The van der Waals surface area contributed by atoms with Crippen LogP contribution in [0.15, 0.2) is 12.1 Å². The van der Waals surface area contributed by atoms with Crippen molar-refractivity contribution in [2.45, 2.75) is 13.0 Å². The maximum absolute atomic E-state index is 11.9. The van der Waals surface area contributed by atoms with Crippen LogP contribution in [0.3, 0.4) is 0 Å². The molecule has 0 fully saturated rings. The fourth-order valence-corrected chi connectivity index (χ4v) is 2.20. The molecular formula is C12H16N2O2S. The lowest BCUT2D eigenvalue weighted by atomic mass is 10.3. The predicted octanol–water partition coefficient (Wildman–Crippen LogP) is 0.511. The van der Waals surface area contributed by atoms with E-state index in [2.05, 4.69) is 11.8 Å². The van der Waals surface area contributed by atoms with E-state index in [-0.39, 0.29) is 5.91 Å². The number of hydrogen-bond donors (Lipinski definition) is 2. The van der Waals surface area contributed by atoms with Crippen LogP contribution < -0.4 is 5.73 Å². The van der Waals surface area contributed by atoms with E-state index in [0.717, 1.165) is 4.88 Å². The molecule has 5 heteroatoms. The van der Waals surface area contributed by atoms with E-state index >= 15 is 0 Å². The summed E-state index contributed by atoms with van der Waals surface area (Å²) in [4.78, 5) is 14.9. The molecular weight excluding hydrogens is 236 g/mol. The zero-order chi connectivity index (χ0) is 12.8. The van der Waals surface area contributed by atoms with Gasteiger partial charge in [-0.15, -0.1) is 11.3 Å². The average molecular weight is 252 g/mol. The van der Waals surface area contributed by atoms with Gasteiger partial charge < -0.3 is 15.7 Å². The van der Waals surface area contributed by atoms with E-state index < -0.39 is 6.10 Å². The molecule has 1 unspecified atom stereocenters. The molecule has 92 valence electrons. The summed E-state index contributed by atoms with van der Waals surface area (Å²) in [5.74, 6) is 5.52. The Morgan fingerprint density at radius 1 is 1.65 bits per heavy atom. The SMILES string of the molecule is CC(O)CN(C)C(=O)c1ccc(C#CCN)s1. The van der Waals surface area contributed by atoms with E-state index in [1.54, 1.807) is 26.1 Å². The summed E-state index contributed by atoms with van der Waals surface area (Å²) >= 11 is 1.33. The van der Waals surface area contributed by atoms with Crippen molar-refractivity contribution in [3.8, 4) is 11.8 Å². The van der Waals surface area contributed by atoms with Crippen LogP contribution in [-0.4, -0.2) is 42.2 Å². The minimum atomic E-state index is -0.527. The summed E-state index contributed by atoms with van der Waals surface area (Å²) in [6, 6.07) is 3.54. The van der Waals surface area contributed by atoms with Gasteiger partial charge in [-0.3, -0.25) is 4.79 Å². The molecule has 1 aromatic heterocycles. The number of likely N-dealkylation sites (N-methyl/N-ethyl adjacent to an activating group) is 1. The van der Waals surface area contributed by atoms with Crippen LogP contribution in [0.25, 0.3) is 0 Å². The van der Waals surface area contributed by atoms with Gasteiger partial charge in [-0.05, 0) is 19.1 Å². The monoisotopic (exact) mass is 252 g/mol. The van der Waals surface area contributed by atoms with Crippen LogP contribution in [0, 0.1) is 11.8 Å². The van der Waals surface area contributed by atoms with E-state index in [4.69, 9.17) is 5.73 Å². The zero-order valence-electron chi connectivity index (χ0n) is 9.93. The highest BCUT2D eigenvalue weighted by Crippen LogP contribution is 2.17. The van der Waals surface area contributed by atoms with Crippen LogP contribution in [0.4, 0.5) is 0 Å². The van der Waals surface area contributed by atoms with Gasteiger partial charge in [0.1, 0.15) is 0 Å². The summed E-state index contributed by atoms with van der Waals surface area (Å²) in [7, 11) is 1.67. The second-order valence-electron chi connectivity index (χ2n) is 3.70. The maximum Gasteiger partial charge on any atom is 0.263 e. The van der Waals surface area contributed by atoms with Gasteiger partial charge in [0, 0.05) is 13.6 Å². The lowest BCUT2D eigenvalue weighted by molar-refractivity contribution is 0.0708. The number of nitrogens with zero attached hydrogens (tertiary/aromatic N) is 1. The first-order chi connectivity index (χ1) is 8.04. The smallest absolute Gasteiger partial charge is 0.263 e. The summed E-state index contributed by atoms with van der Waals surface area (Å²) < 4.78 is 0. The number of aliphatic hydroxyl groups is 1. The molecule has 0 aliphatic rings. The molecule has 4 nitrogen and oxygen atoms in total. The van der Waals surface area contributed by atoms with Gasteiger partial charge in [0.15, 0.2) is 0 Å². The third kappa shape index (κ3) is 4.19. The summed E-state index contributed by atoms with van der Waals surface area (Å²) in [5.41, 5.74) is 5.27. The summed E-state index contributed by atoms with van der Waals surface area (Å²) in [6.45, 7) is 2.28. The Balaban J connectivity index is 2.72. The highest BCUT2D eigenvalue weighted by Gasteiger charge is 2.15. The molecule has 0 aromatic carbocycles. The number of hydrogen-bond acceptors (Lipinski definition) is 4. The Bertz CT molecular complexity index is 443. The van der Waals surface area contributed by atoms with Crippen LogP contribution in [0.5, 0.6) is 0 Å². The van der Waals surface area contributed by atoms with Gasteiger partial charge >= 0.3 is 0 Å². The Labute approximate surface area is 105 Å². The van der Waals surface area contributed by atoms with Crippen molar-refractivity contribution < 1.29 is 9.90 Å². The first-order valence-corrected chi connectivity index (χ1v) is 6.08. The minimum absolute atomic E-state index is 0.100. The molecule has 0 aliphatic heterocycles. The number of aliphatic hydroxyl groups excluding tert-OH is 1. The number of thiophene rings is 1. The van der Waals surface area contributed by atoms with Crippen molar-refractivity contribution in [3.63, 3.8) is 0 Å². The molecule has 0 saturated carbocycles. The first kappa shape index (κ1) is 13.7. The van der Waals surface area contributed by atoms with Crippen LogP contribution in [-0.2, 0) is 0 Å². The highest BCUT2D eigenvalue weighted by atomic mass is 32.1. The van der Waals surface area contributed by atoms with Gasteiger partial charge in [0.2, 0.25) is 0 Å². The lowest BCUT2D eigenvalue weighted by Crippen LogP contribution is -2.32. The topological polar surface area (TPSA) is 66.6 Å². The maximum atomic E-state index is 11.9. The lowest BCUT2D eigenvalue weighted by Gasteiger charge is -2.17. The highest BCUT2D eigenvalue weighted by molar-refractivity contribution is 7.14. The first-order valence-electron chi connectivity index (χ1n) is 5.27. The largest absolute Gasteiger partial charge is 0.392 e. The van der Waals surface area contributed by atoms with E-state index in [1.807, 2.05) is 0 Å². The van der Waals surface area contributed by atoms with Crippen molar-refractivity contribution in [3.05, 3.63) is 21.9 Å². The molecule has 1 amide bonds. The van der Waals surface area contributed by atoms with Gasteiger partial charge in [-0.25, -0.2) is 0 Å². The average Bonchev–Trinajstić information content (AvgIpc) is 2.72. The number of rotatable bonds is 3. The van der Waals surface area contributed by atoms with Gasteiger partial charge in [-0.1, -0.05) is 11.8 Å². The zero-order valence-corrected chi connectivity index (χ0v) is 10.8. The minimum Gasteiger partial charge on any atom is -0.392 e. The van der Waals surface area contributed by atoms with Gasteiger partial charge in [0.25, 0.3) is 5.91 Å². The molecule has 0 bridgehead atoms. The number of amides is 1. The molecule has 0 radical (unpaired) electrons. The van der Waals surface area contributed by atoms with Crippen molar-refractivity contribution in [1.82, 2.24) is 4.90 Å². The van der Waals surface area contributed by atoms with Crippen LogP contribution in [0.1, 0.15) is 21.5 Å². The van der Waals surface area contributed by atoms with Crippen molar-refractivity contribution in [2.75, 3.05) is 20.1 Å². The molecule has 1 atom stereocenters. The Morgan fingerprint density at radius 2 is 2.35 bits per heavy atom. The molecule has 0 saturated heterocycles. The van der Waals surface area contributed by atoms with Crippen molar-refractivity contribution in [2.24, 2.45) is 5.73 Å². The standard InChI is InChI=1S/C12H16N2O2S/c1-9(15)8-14(2)12(16)11-6-5-10(17-11)4-3-7-13/h5-6,9,15H,7-8,13H2,1-2H3. The molecule has 1 rings (SSSR count). The third-order valence-corrected chi connectivity index (χ3v) is 3.00. The van der Waals surface area contributed by atoms with Gasteiger partial charge in [-0.2, -0.15) is 0 Å². The second kappa shape index (κ2) is 6.40. The van der Waals surface area contributed by atoms with Crippen LogP contribution >= 0.6 is 11.3 Å².